The topological polar surface area (TPSA) is 125 Å². The predicted octanol–water partition coefficient (Wildman–Crippen LogP) is 3.80. The Kier molecular flexibility index (Phi) is 7.83. The fourth-order valence-corrected chi connectivity index (χ4v) is 3.40. The van der Waals surface area contributed by atoms with Gasteiger partial charge in [-0.3, -0.25) is 9.59 Å². The van der Waals surface area contributed by atoms with E-state index in [1.165, 1.54) is 0 Å². The van der Waals surface area contributed by atoms with Crippen LogP contribution in [0.4, 0.5) is 0 Å². The molecule has 0 spiro atoms. The van der Waals surface area contributed by atoms with Crippen LogP contribution < -0.4 is 11.1 Å². The number of nitrogens with zero attached hydrogens (tertiary/aromatic N) is 2. The molecule has 1 atom stereocenters. The molecule has 0 aliphatic heterocycles. The van der Waals surface area contributed by atoms with E-state index in [0.29, 0.717) is 22.5 Å². The number of fused-ring (bicyclic) bond motifs is 1. The van der Waals surface area contributed by atoms with E-state index in [-0.39, 0.29) is 24.8 Å². The Balaban J connectivity index is 1.65. The molecule has 0 aliphatic rings. The molecule has 0 fully saturated rings. The predicted molar refractivity (Wildman–Crippen MR) is 136 cm³/mol. The first-order valence-electron chi connectivity index (χ1n) is 11.8. The number of nitrogens with two attached hydrogens (primary N) is 1. The van der Waals surface area contributed by atoms with Crippen molar-refractivity contribution in [3.8, 4) is 11.3 Å². The number of hydrogen-bond donors (Lipinski definition) is 2. The molecule has 2 aromatic heterocycles. The minimum Gasteiger partial charge on any atom is -0.460 e. The van der Waals surface area contributed by atoms with Crippen LogP contribution in [0.25, 0.3) is 16.9 Å². The van der Waals surface area contributed by atoms with Gasteiger partial charge in [0.25, 0.3) is 5.91 Å². The number of amides is 1. The van der Waals surface area contributed by atoms with Crippen LogP contribution in [0.1, 0.15) is 69.9 Å². The highest BCUT2D eigenvalue weighted by molar-refractivity contribution is 5.94. The summed E-state index contributed by atoms with van der Waals surface area (Å²) in [4.78, 5) is 41.1. The van der Waals surface area contributed by atoms with Crippen LogP contribution in [-0.2, 0) is 19.1 Å². The fourth-order valence-electron chi connectivity index (χ4n) is 3.40. The lowest BCUT2D eigenvalue weighted by molar-refractivity contribution is -0.157. The SMILES string of the molecule is CC(C)(C)OC(=O)CCNC(=O)c1ccc(-c2cn3cc(C(N)C(=O)OC(C)(C)C)ccc3n2)cc1. The summed E-state index contributed by atoms with van der Waals surface area (Å²) in [7, 11) is 0. The monoisotopic (exact) mass is 494 g/mol. The molecule has 0 saturated heterocycles. The molecule has 1 unspecified atom stereocenters. The number of imidazole rings is 1. The highest BCUT2D eigenvalue weighted by Crippen LogP contribution is 2.22. The van der Waals surface area contributed by atoms with E-state index in [4.69, 9.17) is 15.2 Å². The summed E-state index contributed by atoms with van der Waals surface area (Å²) in [5, 5.41) is 2.73. The number of rotatable bonds is 7. The van der Waals surface area contributed by atoms with Gasteiger partial charge in [0, 0.05) is 30.1 Å². The molecule has 0 radical (unpaired) electrons. The molecule has 0 bridgehead atoms. The Hall–Kier alpha value is -3.72. The summed E-state index contributed by atoms with van der Waals surface area (Å²) < 4.78 is 12.4. The minimum atomic E-state index is -0.910. The van der Waals surface area contributed by atoms with E-state index in [9.17, 15) is 14.4 Å². The Morgan fingerprint density at radius 2 is 1.58 bits per heavy atom. The molecular weight excluding hydrogens is 460 g/mol. The van der Waals surface area contributed by atoms with Gasteiger partial charge >= 0.3 is 11.9 Å². The van der Waals surface area contributed by atoms with Gasteiger partial charge in [-0.1, -0.05) is 18.2 Å². The van der Waals surface area contributed by atoms with E-state index in [1.54, 1.807) is 88.5 Å². The molecule has 3 rings (SSSR count). The first-order chi connectivity index (χ1) is 16.7. The fraction of sp³-hybridized carbons (Fsp3) is 0.407. The van der Waals surface area contributed by atoms with Gasteiger partial charge in [0.1, 0.15) is 22.9 Å². The van der Waals surface area contributed by atoms with Crippen LogP contribution in [0.15, 0.2) is 48.8 Å². The van der Waals surface area contributed by atoms with E-state index in [2.05, 4.69) is 10.3 Å². The van der Waals surface area contributed by atoms with Gasteiger partial charge < -0.3 is 24.9 Å². The van der Waals surface area contributed by atoms with Gasteiger partial charge in [-0.25, -0.2) is 9.78 Å². The second-order valence-corrected chi connectivity index (χ2v) is 10.5. The van der Waals surface area contributed by atoms with Crippen molar-refractivity contribution in [2.24, 2.45) is 5.73 Å². The van der Waals surface area contributed by atoms with Gasteiger partial charge in [0.2, 0.25) is 0 Å². The third-order valence-corrected chi connectivity index (χ3v) is 4.97. The molecule has 3 N–H and O–H groups in total. The summed E-state index contributed by atoms with van der Waals surface area (Å²) >= 11 is 0. The van der Waals surface area contributed by atoms with E-state index >= 15 is 0 Å². The van der Waals surface area contributed by atoms with E-state index in [1.807, 2.05) is 6.20 Å². The van der Waals surface area contributed by atoms with Crippen molar-refractivity contribution in [3.05, 3.63) is 59.9 Å². The zero-order chi connectivity index (χ0) is 26.7. The Bertz CT molecular complexity index is 1250. The lowest BCUT2D eigenvalue weighted by Gasteiger charge is -2.22. The van der Waals surface area contributed by atoms with Crippen molar-refractivity contribution in [2.45, 2.75) is 65.2 Å². The Labute approximate surface area is 211 Å². The highest BCUT2D eigenvalue weighted by Gasteiger charge is 2.24. The summed E-state index contributed by atoms with van der Waals surface area (Å²) in [6.45, 7) is 11.0. The number of aromatic nitrogens is 2. The number of esters is 2. The molecule has 1 aromatic carbocycles. The zero-order valence-electron chi connectivity index (χ0n) is 21.6. The maximum absolute atomic E-state index is 12.4. The van der Waals surface area contributed by atoms with Crippen molar-refractivity contribution < 1.29 is 23.9 Å². The van der Waals surface area contributed by atoms with E-state index in [0.717, 1.165) is 5.56 Å². The maximum atomic E-state index is 12.4. The van der Waals surface area contributed by atoms with Crippen molar-refractivity contribution >= 4 is 23.5 Å². The Morgan fingerprint density at radius 1 is 0.944 bits per heavy atom. The molecule has 0 aliphatic carbocycles. The number of benzene rings is 1. The smallest absolute Gasteiger partial charge is 0.328 e. The highest BCUT2D eigenvalue weighted by atomic mass is 16.6. The first kappa shape index (κ1) is 26.9. The lowest BCUT2D eigenvalue weighted by Crippen LogP contribution is -2.31. The van der Waals surface area contributed by atoms with Crippen molar-refractivity contribution in [3.63, 3.8) is 0 Å². The molecule has 192 valence electrons. The van der Waals surface area contributed by atoms with Crippen molar-refractivity contribution in [1.29, 1.82) is 0 Å². The third kappa shape index (κ3) is 7.39. The van der Waals surface area contributed by atoms with Crippen LogP contribution in [0.2, 0.25) is 0 Å². The zero-order valence-corrected chi connectivity index (χ0v) is 21.6. The standard InChI is InChI=1S/C27H34N4O5/c1-26(2,3)35-22(32)13-14-29-24(33)18-9-7-17(8-10-18)20-16-31-15-19(11-12-21(31)30-20)23(28)25(34)36-27(4,5)6/h7-12,15-16,23H,13-14,28H2,1-6H3,(H,29,33). The molecule has 9 nitrogen and oxygen atoms in total. The van der Waals surface area contributed by atoms with Crippen LogP contribution in [0, 0.1) is 0 Å². The number of carbonyl (C=O) groups is 3. The number of hydrogen-bond acceptors (Lipinski definition) is 7. The summed E-state index contributed by atoms with van der Waals surface area (Å²) in [5.41, 5.74) is 8.22. The van der Waals surface area contributed by atoms with Crippen molar-refractivity contribution in [1.82, 2.24) is 14.7 Å². The van der Waals surface area contributed by atoms with Gasteiger partial charge in [-0.15, -0.1) is 0 Å². The molecule has 1 amide bonds. The van der Waals surface area contributed by atoms with Crippen LogP contribution >= 0.6 is 0 Å². The normalized spacial score (nSPS) is 12.8. The number of pyridine rings is 1. The van der Waals surface area contributed by atoms with Crippen LogP contribution in [0.5, 0.6) is 0 Å². The largest absolute Gasteiger partial charge is 0.460 e. The minimum absolute atomic E-state index is 0.0991. The average Bonchev–Trinajstić information content (AvgIpc) is 3.19. The van der Waals surface area contributed by atoms with Crippen LogP contribution in [0.3, 0.4) is 0 Å². The quantitative estimate of drug-likeness (QED) is 0.479. The molecule has 0 saturated carbocycles. The average molecular weight is 495 g/mol. The van der Waals surface area contributed by atoms with Gasteiger partial charge in [0.05, 0.1) is 12.1 Å². The van der Waals surface area contributed by atoms with Gasteiger partial charge in [-0.2, -0.15) is 0 Å². The lowest BCUT2D eigenvalue weighted by atomic mass is 10.1. The molecule has 9 heteroatoms. The Morgan fingerprint density at radius 3 is 2.19 bits per heavy atom. The maximum Gasteiger partial charge on any atom is 0.328 e. The van der Waals surface area contributed by atoms with Gasteiger partial charge in [0.15, 0.2) is 0 Å². The van der Waals surface area contributed by atoms with Gasteiger partial charge in [-0.05, 0) is 65.3 Å². The van der Waals surface area contributed by atoms with Crippen LogP contribution in [-0.4, -0.2) is 45.0 Å². The molecular formula is C27H34N4O5. The third-order valence-electron chi connectivity index (χ3n) is 4.97. The molecule has 3 aromatic rings. The second kappa shape index (κ2) is 10.5. The number of ether oxygens (including phenoxy) is 2. The van der Waals surface area contributed by atoms with E-state index < -0.39 is 23.2 Å². The first-order valence-corrected chi connectivity index (χ1v) is 11.8. The number of nitrogens with one attached hydrogen (secondary N) is 1. The summed E-state index contributed by atoms with van der Waals surface area (Å²) in [6.07, 6.45) is 3.69. The molecule has 2 heterocycles. The summed E-state index contributed by atoms with van der Waals surface area (Å²) in [5.74, 6) is -1.14. The number of carbonyl (C=O) groups excluding carboxylic acids is 3. The van der Waals surface area contributed by atoms with Crippen molar-refractivity contribution in [2.75, 3.05) is 6.54 Å². The second-order valence-electron chi connectivity index (χ2n) is 10.5. The molecule has 36 heavy (non-hydrogen) atoms. The summed E-state index contributed by atoms with van der Waals surface area (Å²) in [6, 6.07) is 9.64.